The highest BCUT2D eigenvalue weighted by atomic mass is 19.4. The highest BCUT2D eigenvalue weighted by molar-refractivity contribution is 6.02. The van der Waals surface area contributed by atoms with Crippen LogP contribution in [-0.4, -0.2) is 35.2 Å². The Bertz CT molecular complexity index is 1130. The average Bonchev–Trinajstić information content (AvgIpc) is 3.14. The number of halogens is 5. The lowest BCUT2D eigenvalue weighted by Gasteiger charge is -2.39. The van der Waals surface area contributed by atoms with Gasteiger partial charge in [-0.1, -0.05) is 23.8 Å². The van der Waals surface area contributed by atoms with Crippen molar-refractivity contribution in [3.05, 3.63) is 46.7 Å². The third kappa shape index (κ3) is 3.02. The SMILES string of the molecule is CCOC(=O)[C@@H]1C(=C(C)C)C(=O)O[C@@]1(c1c(C)n(C)c2ccccc12)C(F)(F)C(F)(F)F. The van der Waals surface area contributed by atoms with Crippen molar-refractivity contribution in [1.82, 2.24) is 4.57 Å². The van der Waals surface area contributed by atoms with E-state index in [0.717, 1.165) is 0 Å². The summed E-state index contributed by atoms with van der Waals surface area (Å²) in [6.45, 7) is 5.09. The fraction of sp³-hybridized carbons (Fsp3) is 0.455. The van der Waals surface area contributed by atoms with Gasteiger partial charge in [-0.2, -0.15) is 22.0 Å². The lowest BCUT2D eigenvalue weighted by Crippen LogP contribution is -2.59. The highest BCUT2D eigenvalue weighted by Crippen LogP contribution is 2.61. The van der Waals surface area contributed by atoms with Gasteiger partial charge in [0.15, 0.2) is 0 Å². The van der Waals surface area contributed by atoms with E-state index in [2.05, 4.69) is 0 Å². The first-order valence-corrected chi connectivity index (χ1v) is 9.80. The molecule has 0 radical (unpaired) electrons. The number of alkyl halides is 5. The monoisotopic (exact) mass is 459 g/mol. The number of aromatic nitrogens is 1. The maximum atomic E-state index is 15.5. The molecular weight excluding hydrogens is 437 g/mol. The van der Waals surface area contributed by atoms with Gasteiger partial charge in [0.1, 0.15) is 5.92 Å². The molecule has 2 aromatic rings. The first kappa shape index (κ1) is 23.7. The number of nitrogens with zero attached hydrogens (tertiary/aromatic N) is 1. The second-order valence-electron chi connectivity index (χ2n) is 7.83. The molecule has 1 aliphatic heterocycles. The topological polar surface area (TPSA) is 57.5 Å². The van der Waals surface area contributed by atoms with Crippen LogP contribution in [0.1, 0.15) is 32.0 Å². The summed E-state index contributed by atoms with van der Waals surface area (Å²) in [5.74, 6) is -10.8. The van der Waals surface area contributed by atoms with Crippen LogP contribution in [0, 0.1) is 12.8 Å². The van der Waals surface area contributed by atoms with Crippen molar-refractivity contribution in [2.45, 2.75) is 45.4 Å². The number of cyclic esters (lactones) is 1. The van der Waals surface area contributed by atoms with Gasteiger partial charge in [-0.25, -0.2) is 4.79 Å². The van der Waals surface area contributed by atoms with E-state index < -0.39 is 46.7 Å². The Morgan fingerprint density at radius 2 is 1.78 bits per heavy atom. The van der Waals surface area contributed by atoms with E-state index in [1.807, 2.05) is 0 Å². The Balaban J connectivity index is 2.57. The summed E-state index contributed by atoms with van der Waals surface area (Å²) in [5.41, 5.74) is -4.44. The number of fused-ring (bicyclic) bond motifs is 1. The number of carbonyl (C=O) groups excluding carboxylic acids is 2. The van der Waals surface area contributed by atoms with Gasteiger partial charge in [0.25, 0.3) is 0 Å². The summed E-state index contributed by atoms with van der Waals surface area (Å²) in [7, 11) is 1.48. The zero-order valence-corrected chi connectivity index (χ0v) is 18.1. The Kier molecular flexibility index (Phi) is 5.64. The summed E-state index contributed by atoms with van der Waals surface area (Å²) >= 11 is 0. The summed E-state index contributed by atoms with van der Waals surface area (Å²) in [4.78, 5) is 25.7. The molecule has 2 atom stereocenters. The largest absolute Gasteiger partial charge is 0.465 e. The smallest absolute Gasteiger partial charge is 0.458 e. The molecule has 0 N–H and O–H groups in total. The van der Waals surface area contributed by atoms with E-state index >= 15 is 8.78 Å². The molecule has 0 saturated carbocycles. The summed E-state index contributed by atoms with van der Waals surface area (Å²) in [6, 6.07) is 5.93. The van der Waals surface area contributed by atoms with Gasteiger partial charge in [-0.15, -0.1) is 0 Å². The van der Waals surface area contributed by atoms with Gasteiger partial charge in [0.05, 0.1) is 12.2 Å². The lowest BCUT2D eigenvalue weighted by atomic mass is 9.72. The molecule has 0 spiro atoms. The van der Waals surface area contributed by atoms with Crippen molar-refractivity contribution in [1.29, 1.82) is 0 Å². The molecule has 3 rings (SSSR count). The maximum Gasteiger partial charge on any atom is 0.458 e. The second kappa shape index (κ2) is 7.60. The molecule has 32 heavy (non-hydrogen) atoms. The molecular formula is C22H22F5NO4. The molecule has 1 saturated heterocycles. The molecule has 0 bridgehead atoms. The summed E-state index contributed by atoms with van der Waals surface area (Å²) < 4.78 is 84.1. The molecule has 1 aromatic carbocycles. The van der Waals surface area contributed by atoms with E-state index in [1.54, 1.807) is 6.07 Å². The first-order chi connectivity index (χ1) is 14.7. The first-order valence-electron chi connectivity index (χ1n) is 9.80. The number of ether oxygens (including phenoxy) is 2. The highest BCUT2D eigenvalue weighted by Gasteiger charge is 2.81. The van der Waals surface area contributed by atoms with Crippen LogP contribution in [-0.2, 0) is 31.7 Å². The molecule has 10 heteroatoms. The minimum atomic E-state index is -6.14. The fourth-order valence-corrected chi connectivity index (χ4v) is 4.38. The van der Waals surface area contributed by atoms with Crippen LogP contribution < -0.4 is 0 Å². The predicted molar refractivity (Wildman–Crippen MR) is 105 cm³/mol. The molecule has 1 aliphatic rings. The number of rotatable bonds is 4. The van der Waals surface area contributed by atoms with Crippen molar-refractivity contribution in [2.24, 2.45) is 13.0 Å². The van der Waals surface area contributed by atoms with Crippen molar-refractivity contribution >= 4 is 22.8 Å². The van der Waals surface area contributed by atoms with E-state index in [0.29, 0.717) is 5.52 Å². The molecule has 174 valence electrons. The molecule has 0 amide bonds. The molecule has 5 nitrogen and oxygen atoms in total. The number of aryl methyl sites for hydroxylation is 1. The van der Waals surface area contributed by atoms with E-state index in [1.165, 1.54) is 57.5 Å². The van der Waals surface area contributed by atoms with Crippen LogP contribution in [0.2, 0.25) is 0 Å². The van der Waals surface area contributed by atoms with Crippen molar-refractivity contribution < 1.29 is 41.0 Å². The second-order valence-corrected chi connectivity index (χ2v) is 7.83. The van der Waals surface area contributed by atoms with Gasteiger partial charge in [0.2, 0.25) is 5.60 Å². The number of hydrogen-bond donors (Lipinski definition) is 0. The van der Waals surface area contributed by atoms with Gasteiger partial charge >= 0.3 is 24.0 Å². The van der Waals surface area contributed by atoms with Gasteiger partial charge in [-0.05, 0) is 33.8 Å². The van der Waals surface area contributed by atoms with Gasteiger partial charge < -0.3 is 14.0 Å². The Morgan fingerprint density at radius 3 is 2.31 bits per heavy atom. The van der Waals surface area contributed by atoms with Crippen LogP contribution in [0.5, 0.6) is 0 Å². The third-order valence-electron chi connectivity index (χ3n) is 5.82. The maximum absolute atomic E-state index is 15.5. The Morgan fingerprint density at radius 1 is 1.19 bits per heavy atom. The average molecular weight is 459 g/mol. The fourth-order valence-electron chi connectivity index (χ4n) is 4.38. The molecule has 0 unspecified atom stereocenters. The molecule has 1 fully saturated rings. The Labute approximate surface area is 180 Å². The van der Waals surface area contributed by atoms with Crippen LogP contribution in [0.4, 0.5) is 22.0 Å². The summed E-state index contributed by atoms with van der Waals surface area (Å²) in [5, 5.41) is 0.00790. The predicted octanol–water partition coefficient (Wildman–Crippen LogP) is 4.95. The van der Waals surface area contributed by atoms with Gasteiger partial charge in [0, 0.05) is 29.2 Å². The van der Waals surface area contributed by atoms with E-state index in [-0.39, 0.29) is 23.3 Å². The lowest BCUT2D eigenvalue weighted by molar-refractivity contribution is -0.348. The molecule has 1 aromatic heterocycles. The minimum absolute atomic E-state index is 0.00719. The van der Waals surface area contributed by atoms with Crippen LogP contribution in [0.15, 0.2) is 35.4 Å². The third-order valence-corrected chi connectivity index (χ3v) is 5.82. The zero-order valence-electron chi connectivity index (χ0n) is 18.1. The number of para-hydroxylation sites is 1. The quantitative estimate of drug-likeness (QED) is 0.369. The number of allylic oxidation sites excluding steroid dienone is 1. The number of carbonyl (C=O) groups is 2. The molecule has 0 aliphatic carbocycles. The van der Waals surface area contributed by atoms with E-state index in [4.69, 9.17) is 9.47 Å². The van der Waals surface area contributed by atoms with Crippen LogP contribution >= 0.6 is 0 Å². The minimum Gasteiger partial charge on any atom is -0.465 e. The standard InChI is InChI=1S/C22H22F5NO4/c1-6-31-19(30)17-15(11(2)3)18(29)32-20(17,21(23,24)22(25,26)27)16-12(4)28(5)14-10-8-7-9-13(14)16/h7-10,17H,6H2,1-5H3/t17-,20+/m0/s1. The Hall–Kier alpha value is -2.91. The molecule has 2 heterocycles. The van der Waals surface area contributed by atoms with Gasteiger partial charge in [-0.3, -0.25) is 4.79 Å². The van der Waals surface area contributed by atoms with Crippen LogP contribution in [0.25, 0.3) is 10.9 Å². The summed E-state index contributed by atoms with van der Waals surface area (Å²) in [6.07, 6.45) is -6.14. The van der Waals surface area contributed by atoms with Crippen LogP contribution in [0.3, 0.4) is 0 Å². The van der Waals surface area contributed by atoms with Crippen molar-refractivity contribution in [3.63, 3.8) is 0 Å². The van der Waals surface area contributed by atoms with E-state index in [9.17, 15) is 22.8 Å². The number of benzene rings is 1. The van der Waals surface area contributed by atoms with Crippen molar-refractivity contribution in [3.8, 4) is 0 Å². The zero-order chi connectivity index (χ0) is 24.2. The number of esters is 2. The number of hydrogen-bond acceptors (Lipinski definition) is 4. The normalized spacial score (nSPS) is 21.8. The van der Waals surface area contributed by atoms with Crippen molar-refractivity contribution in [2.75, 3.05) is 6.61 Å².